The molecular formula is C18H20N4O5S. The molecule has 0 bridgehead atoms. The molecule has 0 aliphatic carbocycles. The molecule has 1 atom stereocenters. The minimum Gasteiger partial charge on any atom is -0.493 e. The van der Waals surface area contributed by atoms with E-state index >= 15 is 0 Å². The van der Waals surface area contributed by atoms with Gasteiger partial charge in [0, 0.05) is 5.69 Å². The van der Waals surface area contributed by atoms with Crippen molar-refractivity contribution >= 4 is 21.8 Å². The van der Waals surface area contributed by atoms with Gasteiger partial charge in [0.15, 0.2) is 11.5 Å². The number of nitriles is 1. The third-order valence-electron chi connectivity index (χ3n) is 3.65. The predicted molar refractivity (Wildman–Crippen MR) is 103 cm³/mol. The number of ether oxygens (including phenoxy) is 2. The summed E-state index contributed by atoms with van der Waals surface area (Å²) in [6.07, 6.45) is 0. The first kappa shape index (κ1) is 21.0. The third-order valence-corrected chi connectivity index (χ3v) is 4.14. The Morgan fingerprint density at radius 3 is 2.43 bits per heavy atom. The van der Waals surface area contributed by atoms with Gasteiger partial charge < -0.3 is 14.8 Å². The third kappa shape index (κ3) is 5.60. The number of carbonyl (C=O) groups is 1. The molecule has 9 nitrogen and oxygen atoms in total. The molecule has 2 aromatic carbocycles. The van der Waals surface area contributed by atoms with Crippen molar-refractivity contribution in [3.8, 4) is 17.6 Å². The fourth-order valence-corrected chi connectivity index (χ4v) is 2.85. The summed E-state index contributed by atoms with van der Waals surface area (Å²) in [5, 5.41) is 16.8. The van der Waals surface area contributed by atoms with Gasteiger partial charge in [0.2, 0.25) is 0 Å². The second kappa shape index (κ2) is 9.07. The molecular weight excluding hydrogens is 384 g/mol. The quantitative estimate of drug-likeness (QED) is 0.604. The van der Waals surface area contributed by atoms with Gasteiger partial charge in [0.25, 0.3) is 16.1 Å². The van der Waals surface area contributed by atoms with Crippen LogP contribution >= 0.6 is 0 Å². The zero-order chi connectivity index (χ0) is 20.7. The molecule has 28 heavy (non-hydrogen) atoms. The van der Waals surface area contributed by atoms with Gasteiger partial charge in [-0.2, -0.15) is 13.7 Å². The number of hydrogen-bond acceptors (Lipinski definition) is 7. The van der Waals surface area contributed by atoms with Crippen molar-refractivity contribution in [3.05, 3.63) is 53.6 Å². The van der Waals surface area contributed by atoms with Gasteiger partial charge in [0.1, 0.15) is 6.04 Å². The average molecular weight is 404 g/mol. The largest absolute Gasteiger partial charge is 0.493 e. The smallest absolute Gasteiger partial charge is 0.298 e. The fraction of sp³-hybridized carbons (Fsp3) is 0.222. The summed E-state index contributed by atoms with van der Waals surface area (Å²) >= 11 is 0. The number of anilines is 1. The normalized spacial score (nSPS) is 11.8. The summed E-state index contributed by atoms with van der Waals surface area (Å²) in [5.41, 5.74) is 1.37. The number of methoxy groups -OCH3 is 1. The molecule has 4 N–H and O–H groups in total. The molecule has 1 amide bonds. The molecule has 0 radical (unpaired) electrons. The van der Waals surface area contributed by atoms with Crippen LogP contribution in [0.3, 0.4) is 0 Å². The van der Waals surface area contributed by atoms with Crippen LogP contribution in [-0.2, 0) is 15.0 Å². The van der Waals surface area contributed by atoms with Crippen molar-refractivity contribution in [2.45, 2.75) is 13.0 Å². The zero-order valence-corrected chi connectivity index (χ0v) is 16.1. The van der Waals surface area contributed by atoms with E-state index in [4.69, 9.17) is 19.9 Å². The molecule has 0 spiro atoms. The van der Waals surface area contributed by atoms with Crippen LogP contribution < -0.4 is 24.7 Å². The van der Waals surface area contributed by atoms with Gasteiger partial charge >= 0.3 is 0 Å². The van der Waals surface area contributed by atoms with Crippen molar-refractivity contribution in [3.63, 3.8) is 0 Å². The average Bonchev–Trinajstić information content (AvgIpc) is 2.65. The first-order valence-corrected chi connectivity index (χ1v) is 9.73. The van der Waals surface area contributed by atoms with Crippen LogP contribution in [0.1, 0.15) is 24.1 Å². The Morgan fingerprint density at radius 2 is 1.89 bits per heavy atom. The van der Waals surface area contributed by atoms with E-state index in [9.17, 15) is 13.2 Å². The summed E-state index contributed by atoms with van der Waals surface area (Å²) in [5.74, 6) is -0.00779. The van der Waals surface area contributed by atoms with Crippen LogP contribution in [0, 0.1) is 11.3 Å². The van der Waals surface area contributed by atoms with E-state index in [1.54, 1.807) is 54.1 Å². The molecule has 0 heterocycles. The van der Waals surface area contributed by atoms with Crippen LogP contribution in [-0.4, -0.2) is 28.0 Å². The first-order valence-electron chi connectivity index (χ1n) is 8.19. The van der Waals surface area contributed by atoms with Crippen LogP contribution in [0.15, 0.2) is 42.5 Å². The molecule has 0 saturated heterocycles. The first-order chi connectivity index (χ1) is 13.3. The molecule has 0 aliphatic rings. The van der Waals surface area contributed by atoms with E-state index < -0.39 is 22.2 Å². The monoisotopic (exact) mass is 404 g/mol. The summed E-state index contributed by atoms with van der Waals surface area (Å²) in [7, 11) is -2.77. The van der Waals surface area contributed by atoms with Gasteiger partial charge in [-0.05, 0) is 48.9 Å². The summed E-state index contributed by atoms with van der Waals surface area (Å²) in [4.78, 5) is 12.6. The van der Waals surface area contributed by atoms with Gasteiger partial charge in [-0.3, -0.25) is 4.79 Å². The highest BCUT2D eigenvalue weighted by molar-refractivity contribution is 7.87. The maximum absolute atomic E-state index is 12.6. The van der Waals surface area contributed by atoms with E-state index in [-0.39, 0.29) is 0 Å². The van der Waals surface area contributed by atoms with Crippen LogP contribution in [0.2, 0.25) is 0 Å². The Labute approximate surface area is 163 Å². The summed E-state index contributed by atoms with van der Waals surface area (Å²) in [6, 6.07) is 12.0. The molecule has 0 aromatic heterocycles. The zero-order valence-electron chi connectivity index (χ0n) is 15.3. The predicted octanol–water partition coefficient (Wildman–Crippen LogP) is 1.44. The number of nitrogens with two attached hydrogens (primary N) is 1. The number of carbonyl (C=O) groups excluding carboxylic acids is 1. The lowest BCUT2D eigenvalue weighted by molar-refractivity contribution is -0.120. The highest BCUT2D eigenvalue weighted by Crippen LogP contribution is 2.31. The second-order valence-corrected chi connectivity index (χ2v) is 6.92. The standard InChI is InChI=1S/C18H20N4O5S/c1-3-27-16-10-13(6-9-15(16)26-2)17(18(23)22-28(20,24)25)21-14-7-4-12(11-19)5-8-14/h4-10,17,21H,3H2,1-2H3,(H,22,23)(H2,20,24,25). The topological polar surface area (TPSA) is 144 Å². The lowest BCUT2D eigenvalue weighted by atomic mass is 10.0. The summed E-state index contributed by atoms with van der Waals surface area (Å²) in [6.45, 7) is 2.17. The maximum Gasteiger partial charge on any atom is 0.298 e. The molecule has 1 unspecified atom stereocenters. The number of nitrogens with zero attached hydrogens (tertiary/aromatic N) is 1. The van der Waals surface area contributed by atoms with Gasteiger partial charge in [0.05, 0.1) is 25.3 Å². The van der Waals surface area contributed by atoms with Crippen LogP contribution in [0.25, 0.3) is 0 Å². The van der Waals surface area contributed by atoms with E-state index in [0.29, 0.717) is 34.9 Å². The van der Waals surface area contributed by atoms with Crippen molar-refractivity contribution in [1.82, 2.24) is 4.72 Å². The van der Waals surface area contributed by atoms with Crippen molar-refractivity contribution in [2.24, 2.45) is 5.14 Å². The molecule has 148 valence electrons. The molecule has 2 aromatic rings. The molecule has 2 rings (SSSR count). The Morgan fingerprint density at radius 1 is 1.21 bits per heavy atom. The Balaban J connectivity index is 2.43. The fourth-order valence-electron chi connectivity index (χ4n) is 2.45. The molecule has 10 heteroatoms. The van der Waals surface area contributed by atoms with Gasteiger partial charge in [-0.15, -0.1) is 0 Å². The molecule has 0 saturated carbocycles. The van der Waals surface area contributed by atoms with E-state index in [0.717, 1.165) is 0 Å². The lowest BCUT2D eigenvalue weighted by Gasteiger charge is -2.21. The number of amides is 1. The van der Waals surface area contributed by atoms with Crippen molar-refractivity contribution < 1.29 is 22.7 Å². The number of nitrogens with one attached hydrogen (secondary N) is 2. The van der Waals surface area contributed by atoms with E-state index in [1.807, 2.05) is 6.07 Å². The Bertz CT molecular complexity index is 984. The van der Waals surface area contributed by atoms with E-state index in [1.165, 1.54) is 7.11 Å². The number of rotatable bonds is 8. The van der Waals surface area contributed by atoms with Crippen LogP contribution in [0.5, 0.6) is 11.5 Å². The lowest BCUT2D eigenvalue weighted by Crippen LogP contribution is -2.41. The molecule has 0 fully saturated rings. The van der Waals surface area contributed by atoms with Crippen molar-refractivity contribution in [1.29, 1.82) is 5.26 Å². The van der Waals surface area contributed by atoms with Crippen LogP contribution in [0.4, 0.5) is 5.69 Å². The minimum absolute atomic E-state index is 0.372. The highest BCUT2D eigenvalue weighted by Gasteiger charge is 2.25. The Kier molecular flexibility index (Phi) is 6.81. The van der Waals surface area contributed by atoms with Crippen molar-refractivity contribution in [2.75, 3.05) is 19.0 Å². The summed E-state index contributed by atoms with van der Waals surface area (Å²) < 4.78 is 35.1. The Hall–Kier alpha value is -3.29. The van der Waals surface area contributed by atoms with E-state index in [2.05, 4.69) is 5.32 Å². The maximum atomic E-state index is 12.6. The SMILES string of the molecule is CCOc1cc(C(Nc2ccc(C#N)cc2)C(=O)NS(N)(=O)=O)ccc1OC. The second-order valence-electron chi connectivity index (χ2n) is 5.62. The highest BCUT2D eigenvalue weighted by atomic mass is 32.2. The molecule has 0 aliphatic heterocycles. The number of hydrogen-bond donors (Lipinski definition) is 3. The van der Waals surface area contributed by atoms with Gasteiger partial charge in [-0.25, -0.2) is 9.86 Å². The van der Waals surface area contributed by atoms with Gasteiger partial charge in [-0.1, -0.05) is 6.07 Å². The minimum atomic E-state index is -4.25. The number of benzene rings is 2.